The second kappa shape index (κ2) is 6.19. The highest BCUT2D eigenvalue weighted by Crippen LogP contribution is 2.12. The van der Waals surface area contributed by atoms with E-state index in [1.807, 2.05) is 7.05 Å². The zero-order valence-electron chi connectivity index (χ0n) is 12.1. The van der Waals surface area contributed by atoms with Crippen molar-refractivity contribution in [2.75, 3.05) is 19.6 Å². The van der Waals surface area contributed by atoms with Crippen LogP contribution in [0.5, 0.6) is 0 Å². The van der Waals surface area contributed by atoms with Crippen LogP contribution >= 0.6 is 0 Å². The molecule has 19 heavy (non-hydrogen) atoms. The number of hydrogen-bond donors (Lipinski definition) is 1. The quantitative estimate of drug-likeness (QED) is 0.891. The Morgan fingerprint density at radius 3 is 3.00 bits per heavy atom. The molecule has 2 heterocycles. The fourth-order valence-electron chi connectivity index (χ4n) is 2.66. The van der Waals surface area contributed by atoms with Crippen LogP contribution in [0.15, 0.2) is 12.4 Å². The number of carbonyl (C=O) groups excluding carboxylic acids is 1. The summed E-state index contributed by atoms with van der Waals surface area (Å²) >= 11 is 0. The minimum absolute atomic E-state index is 0.00973. The fourth-order valence-corrected chi connectivity index (χ4v) is 2.66. The highest BCUT2D eigenvalue weighted by molar-refractivity contribution is 5.93. The molecule has 5 nitrogen and oxygen atoms in total. The molecule has 1 amide bonds. The van der Waals surface area contributed by atoms with E-state index in [4.69, 9.17) is 0 Å². The van der Waals surface area contributed by atoms with E-state index in [9.17, 15) is 4.79 Å². The number of carbonyl (C=O) groups is 1. The van der Waals surface area contributed by atoms with Crippen LogP contribution in [-0.4, -0.2) is 46.3 Å². The lowest BCUT2D eigenvalue weighted by molar-refractivity contribution is 0.0898. The number of piperidine rings is 1. The van der Waals surface area contributed by atoms with E-state index >= 15 is 0 Å². The van der Waals surface area contributed by atoms with Gasteiger partial charge in [0.15, 0.2) is 0 Å². The SMILES string of the molecule is CC(C)CN1CCCC(NC(=O)c2cnn(C)c2)C1. The molecule has 0 bridgehead atoms. The Balaban J connectivity index is 1.86. The Morgan fingerprint density at radius 1 is 1.58 bits per heavy atom. The second-order valence-electron chi connectivity index (χ2n) is 5.87. The van der Waals surface area contributed by atoms with E-state index in [2.05, 4.69) is 29.2 Å². The number of aromatic nitrogens is 2. The first kappa shape index (κ1) is 14.1. The molecule has 1 aliphatic heterocycles. The molecule has 1 aromatic heterocycles. The lowest BCUT2D eigenvalue weighted by atomic mass is 10.0. The molecule has 2 rings (SSSR count). The first-order chi connectivity index (χ1) is 9.04. The molecule has 1 aliphatic rings. The van der Waals surface area contributed by atoms with Gasteiger partial charge < -0.3 is 10.2 Å². The molecule has 1 aromatic rings. The van der Waals surface area contributed by atoms with Crippen LogP contribution in [0, 0.1) is 5.92 Å². The van der Waals surface area contributed by atoms with Crippen molar-refractivity contribution < 1.29 is 4.79 Å². The number of amides is 1. The summed E-state index contributed by atoms with van der Waals surface area (Å²) in [6.45, 7) is 7.69. The number of hydrogen-bond acceptors (Lipinski definition) is 3. The second-order valence-corrected chi connectivity index (χ2v) is 5.87. The molecule has 1 atom stereocenters. The number of nitrogens with zero attached hydrogens (tertiary/aromatic N) is 3. The summed E-state index contributed by atoms with van der Waals surface area (Å²) in [4.78, 5) is 14.5. The van der Waals surface area contributed by atoms with Gasteiger partial charge in [-0.2, -0.15) is 5.10 Å². The first-order valence-electron chi connectivity index (χ1n) is 7.06. The minimum Gasteiger partial charge on any atom is -0.348 e. The monoisotopic (exact) mass is 264 g/mol. The van der Waals surface area contributed by atoms with E-state index in [0.717, 1.165) is 32.5 Å². The van der Waals surface area contributed by atoms with E-state index in [-0.39, 0.29) is 11.9 Å². The van der Waals surface area contributed by atoms with Crippen molar-refractivity contribution >= 4 is 5.91 Å². The topological polar surface area (TPSA) is 50.2 Å². The number of likely N-dealkylation sites (tertiary alicyclic amines) is 1. The Labute approximate surface area is 115 Å². The molecule has 106 valence electrons. The highest BCUT2D eigenvalue weighted by atomic mass is 16.1. The summed E-state index contributed by atoms with van der Waals surface area (Å²) in [6.07, 6.45) is 5.60. The summed E-state index contributed by atoms with van der Waals surface area (Å²) in [7, 11) is 1.82. The fraction of sp³-hybridized carbons (Fsp3) is 0.714. The van der Waals surface area contributed by atoms with Crippen molar-refractivity contribution in [1.82, 2.24) is 20.0 Å². The van der Waals surface area contributed by atoms with Gasteiger partial charge in [-0.05, 0) is 25.3 Å². The lowest BCUT2D eigenvalue weighted by Crippen LogP contribution is -2.48. The van der Waals surface area contributed by atoms with Crippen molar-refractivity contribution in [2.45, 2.75) is 32.7 Å². The van der Waals surface area contributed by atoms with Crippen LogP contribution in [0.3, 0.4) is 0 Å². The van der Waals surface area contributed by atoms with Gasteiger partial charge in [0.25, 0.3) is 5.91 Å². The number of nitrogens with one attached hydrogen (secondary N) is 1. The van der Waals surface area contributed by atoms with Gasteiger partial charge in [-0.3, -0.25) is 9.48 Å². The van der Waals surface area contributed by atoms with Crippen LogP contribution in [0.1, 0.15) is 37.0 Å². The van der Waals surface area contributed by atoms with Gasteiger partial charge in [0.2, 0.25) is 0 Å². The molecule has 1 saturated heterocycles. The molecule has 1 unspecified atom stereocenters. The van der Waals surface area contributed by atoms with Gasteiger partial charge in [0.05, 0.1) is 11.8 Å². The zero-order valence-corrected chi connectivity index (χ0v) is 12.1. The van der Waals surface area contributed by atoms with Crippen molar-refractivity contribution in [1.29, 1.82) is 0 Å². The summed E-state index contributed by atoms with van der Waals surface area (Å²) in [5, 5.41) is 7.15. The molecule has 0 saturated carbocycles. The Hall–Kier alpha value is -1.36. The van der Waals surface area contributed by atoms with Gasteiger partial charge in [-0.1, -0.05) is 13.8 Å². The first-order valence-corrected chi connectivity index (χ1v) is 7.06. The molecule has 0 aromatic carbocycles. The molecule has 0 aliphatic carbocycles. The lowest BCUT2D eigenvalue weighted by Gasteiger charge is -2.34. The molecule has 0 radical (unpaired) electrons. The summed E-state index contributed by atoms with van der Waals surface area (Å²) in [6, 6.07) is 0.264. The Kier molecular flexibility index (Phi) is 4.58. The maximum absolute atomic E-state index is 12.1. The molecule has 1 N–H and O–H groups in total. The van der Waals surface area contributed by atoms with Gasteiger partial charge in [0.1, 0.15) is 0 Å². The number of rotatable bonds is 4. The smallest absolute Gasteiger partial charge is 0.254 e. The molecule has 1 fully saturated rings. The van der Waals surface area contributed by atoms with E-state index in [1.54, 1.807) is 17.1 Å². The maximum atomic E-state index is 12.1. The highest BCUT2D eigenvalue weighted by Gasteiger charge is 2.22. The Morgan fingerprint density at radius 2 is 2.37 bits per heavy atom. The third-order valence-electron chi connectivity index (χ3n) is 3.43. The van der Waals surface area contributed by atoms with Crippen molar-refractivity contribution in [3.8, 4) is 0 Å². The average Bonchev–Trinajstić information content (AvgIpc) is 2.75. The molecular weight excluding hydrogens is 240 g/mol. The van der Waals surface area contributed by atoms with E-state index in [1.165, 1.54) is 0 Å². The Bertz CT molecular complexity index is 427. The van der Waals surface area contributed by atoms with Gasteiger partial charge in [-0.25, -0.2) is 0 Å². The predicted octanol–water partition coefficient (Wildman–Crippen LogP) is 1.27. The zero-order chi connectivity index (χ0) is 13.8. The van der Waals surface area contributed by atoms with E-state index in [0.29, 0.717) is 11.5 Å². The third-order valence-corrected chi connectivity index (χ3v) is 3.43. The summed E-state index contributed by atoms with van der Waals surface area (Å²) in [5.74, 6) is 0.664. The average molecular weight is 264 g/mol. The van der Waals surface area contributed by atoms with Gasteiger partial charge in [0, 0.05) is 32.4 Å². The largest absolute Gasteiger partial charge is 0.348 e. The van der Waals surface area contributed by atoms with Crippen LogP contribution in [-0.2, 0) is 7.05 Å². The van der Waals surface area contributed by atoms with Crippen LogP contribution in [0.2, 0.25) is 0 Å². The maximum Gasteiger partial charge on any atom is 0.254 e. The molecular formula is C14H24N4O. The third kappa shape index (κ3) is 4.06. The van der Waals surface area contributed by atoms with E-state index < -0.39 is 0 Å². The van der Waals surface area contributed by atoms with Crippen LogP contribution in [0.4, 0.5) is 0 Å². The summed E-state index contributed by atoms with van der Waals surface area (Å²) < 4.78 is 1.65. The molecule has 5 heteroatoms. The van der Waals surface area contributed by atoms with Gasteiger partial charge >= 0.3 is 0 Å². The molecule has 0 spiro atoms. The van der Waals surface area contributed by atoms with Crippen molar-refractivity contribution in [2.24, 2.45) is 13.0 Å². The van der Waals surface area contributed by atoms with Crippen molar-refractivity contribution in [3.63, 3.8) is 0 Å². The predicted molar refractivity (Wildman–Crippen MR) is 75.0 cm³/mol. The van der Waals surface area contributed by atoms with Crippen molar-refractivity contribution in [3.05, 3.63) is 18.0 Å². The van der Waals surface area contributed by atoms with Crippen LogP contribution in [0.25, 0.3) is 0 Å². The minimum atomic E-state index is -0.00973. The normalized spacial score (nSPS) is 20.7. The number of aryl methyl sites for hydroxylation is 1. The summed E-state index contributed by atoms with van der Waals surface area (Å²) in [5.41, 5.74) is 0.642. The van der Waals surface area contributed by atoms with Crippen LogP contribution < -0.4 is 5.32 Å². The standard InChI is InChI=1S/C14H24N4O/c1-11(2)8-18-6-4-5-13(10-18)16-14(19)12-7-15-17(3)9-12/h7,9,11,13H,4-6,8,10H2,1-3H3,(H,16,19). The van der Waals surface area contributed by atoms with Gasteiger partial charge in [-0.15, -0.1) is 0 Å².